The second-order valence-corrected chi connectivity index (χ2v) is 6.03. The first-order valence-corrected chi connectivity index (χ1v) is 9.03. The molecule has 0 radical (unpaired) electrons. The molecule has 2 aromatic heterocycles. The lowest BCUT2D eigenvalue weighted by Crippen LogP contribution is -1.98. The first kappa shape index (κ1) is 20.0. The molecule has 4 rings (SSSR count). The number of aromatic amines is 1. The summed E-state index contributed by atoms with van der Waals surface area (Å²) in [6.45, 7) is 9.95. The number of benzene rings is 2. The Hall–Kier alpha value is -3.28. The number of nitrogens with two attached hydrogens (primary N) is 2. The first-order chi connectivity index (χ1) is 12.9. The van der Waals surface area contributed by atoms with E-state index in [-0.39, 0.29) is 0 Å². The van der Waals surface area contributed by atoms with Crippen LogP contribution in [-0.4, -0.2) is 19.7 Å². The summed E-state index contributed by atoms with van der Waals surface area (Å²) >= 11 is 0. The summed E-state index contributed by atoms with van der Waals surface area (Å²) in [6, 6.07) is 15.4. The molecule has 0 saturated heterocycles. The van der Waals surface area contributed by atoms with Gasteiger partial charge in [-0.15, -0.1) is 0 Å². The van der Waals surface area contributed by atoms with Gasteiger partial charge in [-0.3, -0.25) is 0 Å². The molecule has 142 valence electrons. The lowest BCUT2D eigenvalue weighted by molar-refractivity contribution is 0.834. The van der Waals surface area contributed by atoms with E-state index in [9.17, 15) is 0 Å². The molecule has 0 aliphatic heterocycles. The highest BCUT2D eigenvalue weighted by Crippen LogP contribution is 2.14. The molecule has 2 aromatic carbocycles. The van der Waals surface area contributed by atoms with E-state index in [0.29, 0.717) is 0 Å². The van der Waals surface area contributed by atoms with E-state index < -0.39 is 0 Å². The molecule has 2 heterocycles. The maximum absolute atomic E-state index is 5.62. The summed E-state index contributed by atoms with van der Waals surface area (Å²) < 4.78 is 1.91. The van der Waals surface area contributed by atoms with Gasteiger partial charge in [-0.2, -0.15) is 5.10 Å². The summed E-state index contributed by atoms with van der Waals surface area (Å²) in [4.78, 5) is 7.35. The normalized spacial score (nSPS) is 9.96. The minimum atomic E-state index is 0.765. The van der Waals surface area contributed by atoms with E-state index in [1.807, 2.05) is 81.8 Å². The third-order valence-corrected chi connectivity index (χ3v) is 3.77. The molecule has 0 amide bonds. The zero-order valence-corrected chi connectivity index (χ0v) is 16.6. The number of hydrogen-bond donors (Lipinski definition) is 3. The van der Waals surface area contributed by atoms with Crippen LogP contribution in [0.25, 0.3) is 16.7 Å². The Kier molecular flexibility index (Phi) is 6.60. The minimum absolute atomic E-state index is 0.765. The Balaban J connectivity index is 0.000000181. The molecule has 0 bridgehead atoms. The van der Waals surface area contributed by atoms with Crippen LogP contribution >= 0.6 is 0 Å². The van der Waals surface area contributed by atoms with Crippen LogP contribution in [0, 0.1) is 20.8 Å². The number of fused-ring (bicyclic) bond motifs is 1. The molecule has 6 nitrogen and oxygen atoms in total. The monoisotopic (exact) mass is 364 g/mol. The van der Waals surface area contributed by atoms with Crippen molar-refractivity contribution < 1.29 is 0 Å². The molecule has 5 N–H and O–H groups in total. The number of nitrogen functional groups attached to an aromatic ring is 2. The van der Waals surface area contributed by atoms with Crippen LogP contribution < -0.4 is 11.5 Å². The Morgan fingerprint density at radius 2 is 1.48 bits per heavy atom. The van der Waals surface area contributed by atoms with Crippen molar-refractivity contribution in [1.82, 2.24) is 19.7 Å². The predicted octanol–water partition coefficient (Wildman–Crippen LogP) is 4.55. The van der Waals surface area contributed by atoms with Gasteiger partial charge in [0.2, 0.25) is 0 Å². The van der Waals surface area contributed by atoms with Crippen molar-refractivity contribution >= 4 is 22.4 Å². The van der Waals surface area contributed by atoms with Crippen molar-refractivity contribution in [3.8, 4) is 5.69 Å². The molecular formula is C21H28N6. The van der Waals surface area contributed by atoms with Crippen LogP contribution in [0.1, 0.15) is 31.1 Å². The SMILES string of the molecule is CC.Cc1cc(C)n(-c2ccc(N)cc2)n1.Cc1nc2ccc(N)cc2[nH]1. The van der Waals surface area contributed by atoms with E-state index in [2.05, 4.69) is 21.1 Å². The zero-order chi connectivity index (χ0) is 20.0. The second-order valence-electron chi connectivity index (χ2n) is 6.03. The number of rotatable bonds is 1. The first-order valence-electron chi connectivity index (χ1n) is 9.03. The smallest absolute Gasteiger partial charge is 0.104 e. The summed E-state index contributed by atoms with van der Waals surface area (Å²) in [5.74, 6) is 0.922. The van der Waals surface area contributed by atoms with E-state index in [4.69, 9.17) is 11.5 Å². The molecule has 6 heteroatoms. The quantitative estimate of drug-likeness (QED) is 0.431. The third-order valence-electron chi connectivity index (χ3n) is 3.77. The number of imidazole rings is 1. The minimum Gasteiger partial charge on any atom is -0.399 e. The van der Waals surface area contributed by atoms with Gasteiger partial charge in [-0.25, -0.2) is 9.67 Å². The van der Waals surface area contributed by atoms with E-state index in [1.165, 1.54) is 0 Å². The van der Waals surface area contributed by atoms with Crippen LogP contribution in [-0.2, 0) is 0 Å². The maximum atomic E-state index is 5.62. The molecule has 27 heavy (non-hydrogen) atoms. The standard InChI is InChI=1S/C11H13N3.C8H9N3.C2H6/c1-8-7-9(2)14(13-8)11-5-3-10(12)4-6-11;1-5-10-7-3-2-6(9)4-8(7)11-5;1-2/h3-7H,12H2,1-2H3;2-4H,9H2,1H3,(H,10,11);1-2H3. The van der Waals surface area contributed by atoms with Crippen LogP contribution in [0.5, 0.6) is 0 Å². The van der Waals surface area contributed by atoms with Gasteiger partial charge in [-0.1, -0.05) is 13.8 Å². The highest BCUT2D eigenvalue weighted by atomic mass is 15.3. The van der Waals surface area contributed by atoms with Crippen molar-refractivity contribution in [3.63, 3.8) is 0 Å². The van der Waals surface area contributed by atoms with Gasteiger partial charge in [0.1, 0.15) is 5.82 Å². The molecule has 0 fully saturated rings. The molecule has 0 aliphatic carbocycles. The number of aryl methyl sites for hydroxylation is 3. The van der Waals surface area contributed by atoms with Gasteiger partial charge in [0, 0.05) is 17.1 Å². The van der Waals surface area contributed by atoms with E-state index >= 15 is 0 Å². The fourth-order valence-corrected chi connectivity index (χ4v) is 2.66. The number of nitrogens with one attached hydrogen (secondary N) is 1. The molecule has 0 aliphatic rings. The molecule has 4 aromatic rings. The summed E-state index contributed by atoms with van der Waals surface area (Å²) in [6.07, 6.45) is 0. The van der Waals surface area contributed by atoms with Crippen LogP contribution in [0.15, 0.2) is 48.5 Å². The van der Waals surface area contributed by atoms with Crippen molar-refractivity contribution in [3.05, 3.63) is 65.7 Å². The molecular weight excluding hydrogens is 336 g/mol. The van der Waals surface area contributed by atoms with Crippen molar-refractivity contribution in [2.75, 3.05) is 11.5 Å². The number of hydrogen-bond acceptors (Lipinski definition) is 4. The lowest BCUT2D eigenvalue weighted by atomic mass is 10.3. The maximum Gasteiger partial charge on any atom is 0.104 e. The molecule has 0 unspecified atom stereocenters. The largest absolute Gasteiger partial charge is 0.399 e. The average Bonchev–Trinajstić information content (AvgIpc) is 3.18. The predicted molar refractivity (Wildman–Crippen MR) is 114 cm³/mol. The second kappa shape index (κ2) is 8.89. The van der Waals surface area contributed by atoms with Gasteiger partial charge in [0.25, 0.3) is 0 Å². The van der Waals surface area contributed by atoms with Crippen molar-refractivity contribution in [2.45, 2.75) is 34.6 Å². The van der Waals surface area contributed by atoms with Crippen LogP contribution in [0.4, 0.5) is 11.4 Å². The lowest BCUT2D eigenvalue weighted by Gasteiger charge is -2.03. The fourth-order valence-electron chi connectivity index (χ4n) is 2.66. The van der Waals surface area contributed by atoms with Gasteiger partial charge in [0.15, 0.2) is 0 Å². The topological polar surface area (TPSA) is 98.5 Å². The summed E-state index contributed by atoms with van der Waals surface area (Å²) in [5.41, 5.74) is 17.9. The molecule has 0 saturated carbocycles. The fraction of sp³-hybridized carbons (Fsp3) is 0.238. The van der Waals surface area contributed by atoms with Crippen molar-refractivity contribution in [2.24, 2.45) is 0 Å². The zero-order valence-electron chi connectivity index (χ0n) is 16.6. The molecule has 0 atom stereocenters. The van der Waals surface area contributed by atoms with Crippen molar-refractivity contribution in [1.29, 1.82) is 0 Å². The Morgan fingerprint density at radius 3 is 2.07 bits per heavy atom. The molecule has 0 spiro atoms. The van der Waals surface area contributed by atoms with Gasteiger partial charge >= 0.3 is 0 Å². The van der Waals surface area contributed by atoms with E-state index in [0.717, 1.165) is 45.3 Å². The van der Waals surface area contributed by atoms with E-state index in [1.54, 1.807) is 0 Å². The number of nitrogens with zero attached hydrogens (tertiary/aromatic N) is 3. The van der Waals surface area contributed by atoms with Crippen LogP contribution in [0.3, 0.4) is 0 Å². The Bertz CT molecular complexity index is 995. The summed E-state index contributed by atoms with van der Waals surface area (Å²) in [7, 11) is 0. The summed E-state index contributed by atoms with van der Waals surface area (Å²) in [5, 5.41) is 4.39. The average molecular weight is 364 g/mol. The van der Waals surface area contributed by atoms with Gasteiger partial charge < -0.3 is 16.5 Å². The third kappa shape index (κ3) is 5.10. The number of aromatic nitrogens is 4. The Labute approximate surface area is 160 Å². The highest BCUT2D eigenvalue weighted by molar-refractivity contribution is 5.78. The van der Waals surface area contributed by atoms with Gasteiger partial charge in [0.05, 0.1) is 22.4 Å². The van der Waals surface area contributed by atoms with Crippen LogP contribution in [0.2, 0.25) is 0 Å². The number of H-pyrrole nitrogens is 1. The van der Waals surface area contributed by atoms with Gasteiger partial charge in [-0.05, 0) is 69.3 Å². The number of anilines is 2. The Morgan fingerprint density at radius 1 is 0.852 bits per heavy atom. The highest BCUT2D eigenvalue weighted by Gasteiger charge is 2.02.